The molecule has 110 valence electrons. The van der Waals surface area contributed by atoms with Gasteiger partial charge in [0, 0.05) is 13.2 Å². The predicted molar refractivity (Wildman–Crippen MR) is 79.7 cm³/mol. The van der Waals surface area contributed by atoms with Crippen molar-refractivity contribution in [3.8, 4) is 0 Å². The Bertz CT molecular complexity index is 368. The predicted octanol–water partition coefficient (Wildman–Crippen LogP) is 3.41. The molecule has 1 aromatic rings. The monoisotopic (exact) mass is 287 g/mol. The summed E-state index contributed by atoms with van der Waals surface area (Å²) in [5.41, 5.74) is 1.05. The van der Waals surface area contributed by atoms with Crippen molar-refractivity contribution in [2.24, 2.45) is 0 Å². The van der Waals surface area contributed by atoms with Gasteiger partial charge in [0.05, 0.1) is 29.1 Å². The van der Waals surface area contributed by atoms with Crippen molar-refractivity contribution in [2.75, 3.05) is 13.2 Å². The van der Waals surface area contributed by atoms with Crippen molar-refractivity contribution in [3.63, 3.8) is 0 Å². The second-order valence-corrected chi connectivity index (χ2v) is 4.95. The first-order chi connectivity index (χ1) is 9.19. The van der Waals surface area contributed by atoms with E-state index in [4.69, 9.17) is 16.3 Å². The molecule has 0 aliphatic carbocycles. The second-order valence-electron chi connectivity index (χ2n) is 4.54. The van der Waals surface area contributed by atoms with E-state index < -0.39 is 0 Å². The van der Waals surface area contributed by atoms with Gasteiger partial charge in [0.2, 0.25) is 0 Å². The number of aryl methyl sites for hydroxylation is 1. The van der Waals surface area contributed by atoms with E-state index in [9.17, 15) is 0 Å². The van der Waals surface area contributed by atoms with Gasteiger partial charge in [-0.1, -0.05) is 32.4 Å². The van der Waals surface area contributed by atoms with E-state index in [1.165, 1.54) is 0 Å². The summed E-state index contributed by atoms with van der Waals surface area (Å²) in [5, 5.41) is 8.58. The third kappa shape index (κ3) is 4.20. The highest BCUT2D eigenvalue weighted by Gasteiger charge is 2.27. The molecule has 4 nitrogen and oxygen atoms in total. The highest BCUT2D eigenvalue weighted by Crippen LogP contribution is 2.28. The van der Waals surface area contributed by atoms with Crippen molar-refractivity contribution in [2.45, 2.75) is 59.2 Å². The largest absolute Gasteiger partial charge is 0.376 e. The van der Waals surface area contributed by atoms with E-state index in [0.29, 0.717) is 6.61 Å². The minimum absolute atomic E-state index is 0.0940. The van der Waals surface area contributed by atoms with Gasteiger partial charge in [0.1, 0.15) is 0 Å². The Kier molecular flexibility index (Phi) is 7.42. The first-order valence-corrected chi connectivity index (χ1v) is 7.63. The van der Waals surface area contributed by atoms with Gasteiger partial charge in [-0.05, 0) is 26.3 Å². The van der Waals surface area contributed by atoms with Gasteiger partial charge < -0.3 is 10.1 Å². The summed E-state index contributed by atoms with van der Waals surface area (Å²) in [5.74, 6) is 0. The number of aromatic nitrogens is 2. The van der Waals surface area contributed by atoms with Crippen LogP contribution < -0.4 is 5.32 Å². The zero-order chi connectivity index (χ0) is 14.3. The molecule has 1 aromatic heterocycles. The molecule has 0 radical (unpaired) electrons. The summed E-state index contributed by atoms with van der Waals surface area (Å²) >= 11 is 6.33. The summed E-state index contributed by atoms with van der Waals surface area (Å²) in [4.78, 5) is 0. The average Bonchev–Trinajstić information content (AvgIpc) is 2.75. The van der Waals surface area contributed by atoms with E-state index in [2.05, 4.69) is 31.2 Å². The maximum absolute atomic E-state index is 6.33. The Balaban J connectivity index is 3.05. The van der Waals surface area contributed by atoms with Gasteiger partial charge in [-0.15, -0.1) is 0 Å². The molecule has 0 saturated heterocycles. The van der Waals surface area contributed by atoms with Crippen molar-refractivity contribution in [1.29, 1.82) is 0 Å². The summed E-state index contributed by atoms with van der Waals surface area (Å²) in [6.07, 6.45) is 3.83. The minimum Gasteiger partial charge on any atom is -0.376 e. The Morgan fingerprint density at radius 1 is 1.37 bits per heavy atom. The molecule has 0 fully saturated rings. The lowest BCUT2D eigenvalue weighted by molar-refractivity contribution is 0.0295. The zero-order valence-corrected chi connectivity index (χ0v) is 13.2. The van der Waals surface area contributed by atoms with Gasteiger partial charge in [-0.25, -0.2) is 0 Å². The Hall–Kier alpha value is -0.580. The van der Waals surface area contributed by atoms with E-state index in [1.807, 2.05) is 11.6 Å². The highest BCUT2D eigenvalue weighted by atomic mass is 35.5. The van der Waals surface area contributed by atoms with Crippen LogP contribution in [-0.2, 0) is 11.3 Å². The standard InChI is InChI=1S/C14H26ClN3O/c1-5-9-18-14(11(15)10-17-18)13(16-7-3)12(6-2)19-8-4/h10,12-13,16H,5-9H2,1-4H3. The van der Waals surface area contributed by atoms with Crippen molar-refractivity contribution < 1.29 is 4.74 Å². The Labute approximate surface area is 121 Å². The molecular weight excluding hydrogens is 262 g/mol. The fourth-order valence-corrected chi connectivity index (χ4v) is 2.62. The van der Waals surface area contributed by atoms with E-state index in [-0.39, 0.29) is 12.1 Å². The van der Waals surface area contributed by atoms with Crippen molar-refractivity contribution in [3.05, 3.63) is 16.9 Å². The number of nitrogens with zero attached hydrogens (tertiary/aromatic N) is 2. The third-order valence-electron chi connectivity index (χ3n) is 3.14. The number of likely N-dealkylation sites (N-methyl/N-ethyl adjacent to an activating group) is 1. The number of ether oxygens (including phenoxy) is 1. The molecule has 1 N–H and O–H groups in total. The molecule has 2 atom stereocenters. The molecule has 0 spiro atoms. The molecule has 1 heterocycles. The van der Waals surface area contributed by atoms with Crippen LogP contribution in [0, 0.1) is 0 Å². The smallest absolute Gasteiger partial charge is 0.0835 e. The van der Waals surface area contributed by atoms with Crippen LogP contribution in [0.5, 0.6) is 0 Å². The first kappa shape index (κ1) is 16.5. The minimum atomic E-state index is 0.0940. The van der Waals surface area contributed by atoms with Crippen LogP contribution in [0.4, 0.5) is 0 Å². The van der Waals surface area contributed by atoms with Crippen LogP contribution in [0.1, 0.15) is 52.3 Å². The molecule has 5 heteroatoms. The van der Waals surface area contributed by atoms with Crippen LogP contribution in [0.25, 0.3) is 0 Å². The summed E-state index contributed by atoms with van der Waals surface area (Å²) in [6.45, 7) is 10.9. The van der Waals surface area contributed by atoms with Crippen molar-refractivity contribution >= 4 is 11.6 Å². The normalized spacial score (nSPS) is 14.6. The molecule has 0 aliphatic heterocycles. The molecule has 0 aromatic carbocycles. The van der Waals surface area contributed by atoms with Gasteiger partial charge in [0.15, 0.2) is 0 Å². The molecule has 1 rings (SSSR count). The molecule has 2 unspecified atom stereocenters. The first-order valence-electron chi connectivity index (χ1n) is 7.25. The number of hydrogen-bond acceptors (Lipinski definition) is 3. The molecule has 19 heavy (non-hydrogen) atoms. The van der Waals surface area contributed by atoms with Crippen molar-refractivity contribution in [1.82, 2.24) is 15.1 Å². The zero-order valence-electron chi connectivity index (χ0n) is 12.4. The molecule has 0 saturated carbocycles. The summed E-state index contributed by atoms with van der Waals surface area (Å²) < 4.78 is 7.85. The van der Waals surface area contributed by atoms with Crippen LogP contribution >= 0.6 is 11.6 Å². The van der Waals surface area contributed by atoms with Gasteiger partial charge in [-0.2, -0.15) is 5.10 Å². The summed E-state index contributed by atoms with van der Waals surface area (Å²) in [6, 6.07) is 0.0940. The maximum Gasteiger partial charge on any atom is 0.0835 e. The average molecular weight is 288 g/mol. The number of halogens is 1. The fraction of sp³-hybridized carbons (Fsp3) is 0.786. The third-order valence-corrected chi connectivity index (χ3v) is 3.43. The number of rotatable bonds is 9. The molecule has 0 aliphatic rings. The van der Waals surface area contributed by atoms with E-state index in [1.54, 1.807) is 6.20 Å². The van der Waals surface area contributed by atoms with Crippen LogP contribution in [0.2, 0.25) is 5.02 Å². The highest BCUT2D eigenvalue weighted by molar-refractivity contribution is 6.31. The lowest BCUT2D eigenvalue weighted by atomic mass is 10.0. The molecular formula is C14H26ClN3O. The topological polar surface area (TPSA) is 39.1 Å². The lowest BCUT2D eigenvalue weighted by Crippen LogP contribution is -2.35. The quantitative estimate of drug-likeness (QED) is 0.756. The Morgan fingerprint density at radius 2 is 2.11 bits per heavy atom. The van der Waals surface area contributed by atoms with Gasteiger partial charge >= 0.3 is 0 Å². The fourth-order valence-electron chi connectivity index (χ4n) is 2.36. The molecule has 0 bridgehead atoms. The SMILES string of the molecule is CCCn1ncc(Cl)c1C(NCC)C(CC)OCC. The van der Waals surface area contributed by atoms with Crippen LogP contribution in [0.15, 0.2) is 6.20 Å². The number of hydrogen-bond donors (Lipinski definition) is 1. The Morgan fingerprint density at radius 3 is 2.63 bits per heavy atom. The lowest BCUT2D eigenvalue weighted by Gasteiger charge is -2.28. The number of nitrogens with one attached hydrogen (secondary N) is 1. The van der Waals surface area contributed by atoms with Gasteiger partial charge in [-0.3, -0.25) is 4.68 Å². The van der Waals surface area contributed by atoms with Crippen LogP contribution in [-0.4, -0.2) is 29.0 Å². The second kappa shape index (κ2) is 8.56. The summed E-state index contributed by atoms with van der Waals surface area (Å²) in [7, 11) is 0. The molecule has 0 amide bonds. The van der Waals surface area contributed by atoms with Crippen LogP contribution in [0.3, 0.4) is 0 Å². The van der Waals surface area contributed by atoms with Gasteiger partial charge in [0.25, 0.3) is 0 Å². The maximum atomic E-state index is 6.33. The van der Waals surface area contributed by atoms with E-state index in [0.717, 1.165) is 36.6 Å². The van der Waals surface area contributed by atoms with E-state index >= 15 is 0 Å².